The maximum atomic E-state index is 12.9. The van der Waals surface area contributed by atoms with Crippen molar-refractivity contribution in [2.24, 2.45) is 17.5 Å². The van der Waals surface area contributed by atoms with E-state index in [2.05, 4.69) is 11.4 Å². The number of carbonyl (C=O) groups excluding carboxylic acids is 2. The van der Waals surface area contributed by atoms with Gasteiger partial charge in [-0.1, -0.05) is 30.3 Å². The Morgan fingerprint density at radius 2 is 2.11 bits per heavy atom. The van der Waals surface area contributed by atoms with Crippen LogP contribution >= 0.6 is 11.3 Å². The van der Waals surface area contributed by atoms with Crippen molar-refractivity contribution in [3.8, 4) is 6.07 Å². The zero-order chi connectivity index (χ0) is 24.8. The van der Waals surface area contributed by atoms with E-state index < -0.39 is 17.7 Å². The SMILES string of the molecule is N#CC1(N(N)/C=C(\N)[C@@H](NC(=O)c2ccsc2)C2CCCN(C(=O)OCc3ccccc3)C2)CC1. The topological polar surface area (TPSA) is 138 Å². The Balaban J connectivity index is 1.47. The average Bonchev–Trinajstić information content (AvgIpc) is 3.50. The molecule has 0 bridgehead atoms. The van der Waals surface area contributed by atoms with Gasteiger partial charge in [-0.25, -0.2) is 10.6 Å². The Morgan fingerprint density at radius 3 is 2.77 bits per heavy atom. The van der Waals surface area contributed by atoms with Crippen LogP contribution in [-0.2, 0) is 11.3 Å². The highest BCUT2D eigenvalue weighted by atomic mass is 32.1. The summed E-state index contributed by atoms with van der Waals surface area (Å²) in [6, 6.07) is 12.9. The molecule has 1 saturated heterocycles. The van der Waals surface area contributed by atoms with Gasteiger partial charge in [-0.3, -0.25) is 9.80 Å². The van der Waals surface area contributed by atoms with Gasteiger partial charge in [-0.05, 0) is 42.7 Å². The molecule has 4 rings (SSSR count). The third-order valence-electron chi connectivity index (χ3n) is 6.54. The lowest BCUT2D eigenvalue weighted by Gasteiger charge is -2.37. The summed E-state index contributed by atoms with van der Waals surface area (Å²) in [6.07, 6.45) is 3.99. The number of rotatable bonds is 8. The van der Waals surface area contributed by atoms with Gasteiger partial charge in [0, 0.05) is 36.3 Å². The summed E-state index contributed by atoms with van der Waals surface area (Å²) in [5.74, 6) is 5.76. The second-order valence-corrected chi connectivity index (χ2v) is 9.81. The van der Waals surface area contributed by atoms with Crippen molar-refractivity contribution >= 4 is 23.3 Å². The van der Waals surface area contributed by atoms with Gasteiger partial charge >= 0.3 is 6.09 Å². The summed E-state index contributed by atoms with van der Waals surface area (Å²) in [6.45, 7) is 1.14. The molecule has 1 unspecified atom stereocenters. The van der Waals surface area contributed by atoms with Crippen LogP contribution in [0.2, 0.25) is 0 Å². The molecule has 35 heavy (non-hydrogen) atoms. The smallest absolute Gasteiger partial charge is 0.410 e. The molecule has 2 atom stereocenters. The highest BCUT2D eigenvalue weighted by molar-refractivity contribution is 7.08. The summed E-state index contributed by atoms with van der Waals surface area (Å²) < 4.78 is 5.52. The first-order valence-electron chi connectivity index (χ1n) is 11.6. The van der Waals surface area contributed by atoms with E-state index in [1.807, 2.05) is 35.7 Å². The molecule has 184 valence electrons. The van der Waals surface area contributed by atoms with Crippen molar-refractivity contribution in [2.45, 2.75) is 43.9 Å². The van der Waals surface area contributed by atoms with Crippen LogP contribution in [0.5, 0.6) is 0 Å². The van der Waals surface area contributed by atoms with Crippen molar-refractivity contribution in [1.82, 2.24) is 15.2 Å². The second kappa shape index (κ2) is 10.8. The third-order valence-corrected chi connectivity index (χ3v) is 7.22. The molecule has 0 radical (unpaired) electrons. The highest BCUT2D eigenvalue weighted by Gasteiger charge is 2.47. The van der Waals surface area contributed by atoms with Gasteiger partial charge in [0.1, 0.15) is 12.1 Å². The summed E-state index contributed by atoms with van der Waals surface area (Å²) in [5, 5.41) is 17.4. The number of hydrogen-bond acceptors (Lipinski definition) is 8. The van der Waals surface area contributed by atoms with Crippen LogP contribution in [0.4, 0.5) is 4.79 Å². The number of nitrogens with zero attached hydrogens (tertiary/aromatic N) is 3. The molecule has 2 heterocycles. The van der Waals surface area contributed by atoms with Crippen LogP contribution in [-0.4, -0.2) is 46.6 Å². The van der Waals surface area contributed by atoms with Crippen molar-refractivity contribution in [3.05, 3.63) is 70.2 Å². The minimum absolute atomic E-state index is 0.141. The Labute approximate surface area is 208 Å². The predicted octanol–water partition coefficient (Wildman–Crippen LogP) is 2.93. The Kier molecular flexibility index (Phi) is 7.58. The number of hydrogen-bond donors (Lipinski definition) is 3. The van der Waals surface area contributed by atoms with Crippen LogP contribution in [0.3, 0.4) is 0 Å². The standard InChI is InChI=1S/C25H30N6O3S/c26-17-25(9-10-25)31(28)14-21(27)22(29-23(32)20-8-12-35-16-20)19-7-4-11-30(13-19)24(33)34-15-18-5-2-1-3-6-18/h1-3,5-6,8,12,14,16,19,22H,4,7,9-11,13,15,27-28H2,(H,29,32)/b21-14-/t19?,22-/m0/s1. The van der Waals surface area contributed by atoms with Crippen LogP contribution < -0.4 is 16.9 Å². The summed E-state index contributed by atoms with van der Waals surface area (Å²) in [7, 11) is 0. The Hall–Kier alpha value is -3.55. The van der Waals surface area contributed by atoms with Crippen LogP contribution in [0, 0.1) is 17.2 Å². The van der Waals surface area contributed by atoms with Crippen molar-refractivity contribution < 1.29 is 14.3 Å². The molecule has 1 aromatic carbocycles. The zero-order valence-corrected chi connectivity index (χ0v) is 20.2. The molecule has 2 fully saturated rings. The molecule has 1 aromatic heterocycles. The maximum absolute atomic E-state index is 12.9. The lowest BCUT2D eigenvalue weighted by atomic mass is 9.88. The van der Waals surface area contributed by atoms with E-state index in [4.69, 9.17) is 16.3 Å². The van der Waals surface area contributed by atoms with Gasteiger partial charge in [-0.2, -0.15) is 16.6 Å². The fourth-order valence-corrected chi connectivity index (χ4v) is 4.90. The number of hydrazine groups is 1. The van der Waals surface area contributed by atoms with Crippen molar-refractivity contribution in [3.63, 3.8) is 0 Å². The van der Waals surface area contributed by atoms with Crippen molar-refractivity contribution in [2.75, 3.05) is 13.1 Å². The molecular formula is C25H30N6O3S. The van der Waals surface area contributed by atoms with E-state index in [9.17, 15) is 14.9 Å². The number of piperidine rings is 1. The van der Waals surface area contributed by atoms with Crippen LogP contribution in [0.25, 0.3) is 0 Å². The zero-order valence-electron chi connectivity index (χ0n) is 19.4. The molecule has 9 nitrogen and oxygen atoms in total. The van der Waals surface area contributed by atoms with Gasteiger partial charge in [-0.15, -0.1) is 0 Å². The predicted molar refractivity (Wildman–Crippen MR) is 132 cm³/mol. The summed E-state index contributed by atoms with van der Waals surface area (Å²) >= 11 is 1.43. The first-order chi connectivity index (χ1) is 16.9. The number of likely N-dealkylation sites (tertiary alicyclic amines) is 1. The van der Waals surface area contributed by atoms with Gasteiger partial charge in [0.05, 0.1) is 17.7 Å². The second-order valence-electron chi connectivity index (χ2n) is 9.03. The number of carbonyl (C=O) groups is 2. The monoisotopic (exact) mass is 494 g/mol. The molecule has 5 N–H and O–H groups in total. The number of nitrogens with two attached hydrogens (primary N) is 2. The largest absolute Gasteiger partial charge is 0.445 e. The summed E-state index contributed by atoms with van der Waals surface area (Å²) in [4.78, 5) is 27.3. The number of thiophene rings is 1. The first-order valence-corrected chi connectivity index (χ1v) is 12.6. The molecule has 1 aliphatic carbocycles. The fourth-order valence-electron chi connectivity index (χ4n) is 4.26. The number of benzene rings is 1. The molecular weight excluding hydrogens is 464 g/mol. The van der Waals surface area contributed by atoms with E-state index >= 15 is 0 Å². The number of nitriles is 1. The van der Waals surface area contributed by atoms with Gasteiger partial charge in [0.2, 0.25) is 0 Å². The first kappa shape index (κ1) is 24.6. The normalized spacial score (nSPS) is 19.8. The van der Waals surface area contributed by atoms with Crippen LogP contribution in [0.1, 0.15) is 41.6 Å². The average molecular weight is 495 g/mol. The van der Waals surface area contributed by atoms with Crippen molar-refractivity contribution in [1.29, 1.82) is 5.26 Å². The van der Waals surface area contributed by atoms with Gasteiger partial charge in [0.15, 0.2) is 0 Å². The third kappa shape index (κ3) is 5.93. The van der Waals surface area contributed by atoms with E-state index in [-0.39, 0.29) is 18.4 Å². The van der Waals surface area contributed by atoms with E-state index in [0.717, 1.165) is 18.4 Å². The van der Waals surface area contributed by atoms with E-state index in [0.29, 0.717) is 37.2 Å². The molecule has 2 aliphatic rings. The minimum Gasteiger partial charge on any atom is -0.445 e. The van der Waals surface area contributed by atoms with E-state index in [1.54, 1.807) is 22.5 Å². The fraction of sp³-hybridized carbons (Fsp3) is 0.400. The number of ether oxygens (including phenoxy) is 1. The highest BCUT2D eigenvalue weighted by Crippen LogP contribution is 2.39. The number of amides is 2. The van der Waals surface area contributed by atoms with Crippen LogP contribution in [0.15, 0.2) is 59.1 Å². The van der Waals surface area contributed by atoms with E-state index in [1.165, 1.54) is 16.3 Å². The van der Waals surface area contributed by atoms with Gasteiger partial charge < -0.3 is 20.7 Å². The number of nitrogens with one attached hydrogen (secondary N) is 1. The molecule has 0 spiro atoms. The molecule has 1 saturated carbocycles. The Bertz CT molecular complexity index is 1090. The molecule has 2 amide bonds. The maximum Gasteiger partial charge on any atom is 0.410 e. The lowest BCUT2D eigenvalue weighted by Crippen LogP contribution is -2.52. The molecule has 10 heteroatoms. The quantitative estimate of drug-likeness (QED) is 0.379. The lowest BCUT2D eigenvalue weighted by molar-refractivity contribution is 0.0730. The Morgan fingerprint density at radius 1 is 1.34 bits per heavy atom. The summed E-state index contributed by atoms with van der Waals surface area (Å²) in [5.41, 5.74) is 7.53. The minimum atomic E-state index is -0.744. The molecule has 2 aromatic rings. The molecule has 1 aliphatic heterocycles. The van der Waals surface area contributed by atoms with Gasteiger partial charge in [0.25, 0.3) is 5.91 Å².